The number of hydrogen-bond donors (Lipinski definition) is 2. The van der Waals surface area contributed by atoms with E-state index in [0.717, 1.165) is 0 Å². The first-order valence-electron chi connectivity index (χ1n) is 6.15. The number of rotatable bonds is 4. The molecule has 0 aromatic heterocycles. The summed E-state index contributed by atoms with van der Waals surface area (Å²) in [5.41, 5.74) is 0.0533. The molecule has 21 heavy (non-hydrogen) atoms. The Labute approximate surface area is 119 Å². The van der Waals surface area contributed by atoms with Crippen molar-refractivity contribution in [2.24, 2.45) is 0 Å². The zero-order valence-corrected chi connectivity index (χ0v) is 10.8. The van der Waals surface area contributed by atoms with Crippen LogP contribution < -0.4 is 5.32 Å². The lowest BCUT2D eigenvalue weighted by molar-refractivity contribution is -0.118. The quantitative estimate of drug-likeness (QED) is 0.851. The maximum absolute atomic E-state index is 13.4. The standard InChI is InChI=1S/C15H12F3NO2/c16-10-6-12(18)13(7-11(10)17)19-15(21)8-14(20)9-4-2-1-3-5-9/h1-7,14,20H,8H2,(H,19,21). The minimum Gasteiger partial charge on any atom is -0.388 e. The number of benzene rings is 2. The van der Waals surface area contributed by atoms with Crippen LogP contribution in [-0.4, -0.2) is 11.0 Å². The van der Waals surface area contributed by atoms with E-state index in [0.29, 0.717) is 17.7 Å². The van der Waals surface area contributed by atoms with Gasteiger partial charge in [0.15, 0.2) is 11.6 Å². The molecule has 0 aliphatic rings. The van der Waals surface area contributed by atoms with Gasteiger partial charge in [-0.2, -0.15) is 0 Å². The monoisotopic (exact) mass is 295 g/mol. The van der Waals surface area contributed by atoms with Gasteiger partial charge in [0, 0.05) is 12.1 Å². The average molecular weight is 295 g/mol. The number of aliphatic hydroxyl groups is 1. The molecule has 6 heteroatoms. The number of carbonyl (C=O) groups is 1. The Balaban J connectivity index is 2.04. The highest BCUT2D eigenvalue weighted by atomic mass is 19.2. The van der Waals surface area contributed by atoms with Crippen LogP contribution in [0, 0.1) is 17.5 Å². The fourth-order valence-corrected chi connectivity index (χ4v) is 1.79. The van der Waals surface area contributed by atoms with Crippen molar-refractivity contribution >= 4 is 11.6 Å². The Morgan fingerprint density at radius 1 is 1.05 bits per heavy atom. The number of hydrogen-bond acceptors (Lipinski definition) is 2. The van der Waals surface area contributed by atoms with Crippen molar-refractivity contribution in [2.45, 2.75) is 12.5 Å². The highest BCUT2D eigenvalue weighted by Gasteiger charge is 2.16. The van der Waals surface area contributed by atoms with E-state index in [1.807, 2.05) is 0 Å². The molecule has 2 rings (SSSR count). The lowest BCUT2D eigenvalue weighted by Gasteiger charge is -2.11. The third kappa shape index (κ3) is 3.82. The van der Waals surface area contributed by atoms with Crippen LogP contribution in [0.1, 0.15) is 18.1 Å². The van der Waals surface area contributed by atoms with Gasteiger partial charge in [0.05, 0.1) is 18.2 Å². The number of aliphatic hydroxyl groups excluding tert-OH is 1. The van der Waals surface area contributed by atoms with E-state index in [2.05, 4.69) is 5.32 Å². The van der Waals surface area contributed by atoms with E-state index in [1.165, 1.54) is 0 Å². The first-order chi connectivity index (χ1) is 9.97. The van der Waals surface area contributed by atoms with Crippen molar-refractivity contribution in [1.29, 1.82) is 0 Å². The third-order valence-electron chi connectivity index (χ3n) is 2.85. The number of anilines is 1. The second kappa shape index (κ2) is 6.41. The lowest BCUT2D eigenvalue weighted by Crippen LogP contribution is -2.16. The molecule has 2 N–H and O–H groups in total. The van der Waals surface area contributed by atoms with E-state index >= 15 is 0 Å². The largest absolute Gasteiger partial charge is 0.388 e. The minimum absolute atomic E-state index is 0.331. The molecule has 2 aromatic carbocycles. The Bertz CT molecular complexity index is 647. The summed E-state index contributed by atoms with van der Waals surface area (Å²) in [6.45, 7) is 0. The Morgan fingerprint density at radius 2 is 1.67 bits per heavy atom. The molecule has 1 amide bonds. The van der Waals surface area contributed by atoms with Crippen molar-refractivity contribution in [3.8, 4) is 0 Å². The molecule has 0 heterocycles. The summed E-state index contributed by atoms with van der Waals surface area (Å²) in [7, 11) is 0. The Kier molecular flexibility index (Phi) is 4.59. The van der Waals surface area contributed by atoms with Crippen LogP contribution >= 0.6 is 0 Å². The van der Waals surface area contributed by atoms with Crippen LogP contribution in [0.4, 0.5) is 18.9 Å². The maximum atomic E-state index is 13.4. The van der Waals surface area contributed by atoms with Gasteiger partial charge < -0.3 is 10.4 Å². The van der Waals surface area contributed by atoms with Crippen LogP contribution in [0.15, 0.2) is 42.5 Å². The number of halogens is 3. The van der Waals surface area contributed by atoms with Gasteiger partial charge in [0.2, 0.25) is 5.91 Å². The molecule has 0 aliphatic carbocycles. The molecular formula is C15H12F3NO2. The van der Waals surface area contributed by atoms with E-state index in [4.69, 9.17) is 0 Å². The first kappa shape index (κ1) is 15.1. The first-order valence-corrected chi connectivity index (χ1v) is 6.15. The summed E-state index contributed by atoms with van der Waals surface area (Å²) in [5, 5.41) is 11.9. The number of amides is 1. The molecule has 0 fully saturated rings. The highest BCUT2D eigenvalue weighted by molar-refractivity contribution is 5.91. The van der Waals surface area contributed by atoms with E-state index in [9.17, 15) is 23.1 Å². The smallest absolute Gasteiger partial charge is 0.227 e. The van der Waals surface area contributed by atoms with Gasteiger partial charge in [-0.15, -0.1) is 0 Å². The zero-order valence-electron chi connectivity index (χ0n) is 10.8. The summed E-state index contributed by atoms with van der Waals surface area (Å²) >= 11 is 0. The maximum Gasteiger partial charge on any atom is 0.227 e. The topological polar surface area (TPSA) is 49.3 Å². The summed E-state index contributed by atoms with van der Waals surface area (Å²) in [6, 6.07) is 9.33. The van der Waals surface area contributed by atoms with Crippen LogP contribution in [0.25, 0.3) is 0 Å². The van der Waals surface area contributed by atoms with Crippen LogP contribution in [0.2, 0.25) is 0 Å². The van der Waals surface area contributed by atoms with E-state index < -0.39 is 35.2 Å². The molecule has 0 saturated heterocycles. The van der Waals surface area contributed by atoms with Crippen molar-refractivity contribution in [3.05, 3.63) is 65.5 Å². The average Bonchev–Trinajstić information content (AvgIpc) is 2.45. The van der Waals surface area contributed by atoms with Gasteiger partial charge in [0.1, 0.15) is 5.82 Å². The number of carbonyl (C=O) groups excluding carboxylic acids is 1. The predicted octanol–water partition coefficient (Wildman–Crippen LogP) is 3.17. The van der Waals surface area contributed by atoms with Crippen molar-refractivity contribution < 1.29 is 23.1 Å². The Morgan fingerprint density at radius 3 is 2.33 bits per heavy atom. The van der Waals surface area contributed by atoms with Gasteiger partial charge >= 0.3 is 0 Å². The molecule has 2 aromatic rings. The summed E-state index contributed by atoms with van der Waals surface area (Å²) in [5.74, 6) is -4.40. The molecule has 0 bridgehead atoms. The third-order valence-corrected chi connectivity index (χ3v) is 2.85. The van der Waals surface area contributed by atoms with Crippen molar-refractivity contribution in [2.75, 3.05) is 5.32 Å². The minimum atomic E-state index is -1.34. The molecule has 0 radical (unpaired) electrons. The number of nitrogens with one attached hydrogen (secondary N) is 1. The predicted molar refractivity (Wildman–Crippen MR) is 71.0 cm³/mol. The molecule has 3 nitrogen and oxygen atoms in total. The molecule has 0 aliphatic heterocycles. The summed E-state index contributed by atoms with van der Waals surface area (Å²) in [6.07, 6.45) is -1.40. The molecule has 110 valence electrons. The van der Waals surface area contributed by atoms with Gasteiger partial charge in [-0.25, -0.2) is 13.2 Å². The SMILES string of the molecule is O=C(CC(O)c1ccccc1)Nc1cc(F)c(F)cc1F. The van der Waals surface area contributed by atoms with Gasteiger partial charge in [-0.3, -0.25) is 4.79 Å². The van der Waals surface area contributed by atoms with Crippen LogP contribution in [-0.2, 0) is 4.79 Å². The Hall–Kier alpha value is -2.34. The second-order valence-electron chi connectivity index (χ2n) is 4.42. The molecule has 1 atom stereocenters. The second-order valence-corrected chi connectivity index (χ2v) is 4.42. The van der Waals surface area contributed by atoms with Crippen molar-refractivity contribution in [3.63, 3.8) is 0 Å². The van der Waals surface area contributed by atoms with E-state index in [1.54, 1.807) is 30.3 Å². The van der Waals surface area contributed by atoms with Gasteiger partial charge in [0.25, 0.3) is 0 Å². The molecule has 1 unspecified atom stereocenters. The molecule has 0 saturated carbocycles. The summed E-state index contributed by atoms with van der Waals surface area (Å²) < 4.78 is 39.1. The van der Waals surface area contributed by atoms with Gasteiger partial charge in [-0.1, -0.05) is 30.3 Å². The molecular weight excluding hydrogens is 283 g/mol. The lowest BCUT2D eigenvalue weighted by atomic mass is 10.1. The highest BCUT2D eigenvalue weighted by Crippen LogP contribution is 2.21. The fourth-order valence-electron chi connectivity index (χ4n) is 1.79. The van der Waals surface area contributed by atoms with Gasteiger partial charge in [-0.05, 0) is 5.56 Å². The zero-order chi connectivity index (χ0) is 15.4. The van der Waals surface area contributed by atoms with Crippen LogP contribution in [0.3, 0.4) is 0 Å². The fraction of sp³-hybridized carbons (Fsp3) is 0.133. The molecule has 0 spiro atoms. The van der Waals surface area contributed by atoms with E-state index in [-0.39, 0.29) is 6.42 Å². The van der Waals surface area contributed by atoms with Crippen LogP contribution in [0.5, 0.6) is 0 Å². The van der Waals surface area contributed by atoms with Crippen molar-refractivity contribution in [1.82, 2.24) is 0 Å². The normalized spacial score (nSPS) is 12.0. The summed E-state index contributed by atoms with van der Waals surface area (Å²) in [4.78, 5) is 11.7.